The second kappa shape index (κ2) is 9.38. The normalized spacial score (nSPS) is 12.0. The summed E-state index contributed by atoms with van der Waals surface area (Å²) in [7, 11) is 0. The fraction of sp³-hybridized carbons (Fsp3) is 0.444. The number of hydrogen-bond donors (Lipinski definition) is 2. The molecule has 0 saturated carbocycles. The van der Waals surface area contributed by atoms with E-state index in [2.05, 4.69) is 15.6 Å². The van der Waals surface area contributed by atoms with Crippen LogP contribution in [0.3, 0.4) is 0 Å². The summed E-state index contributed by atoms with van der Waals surface area (Å²) in [6.45, 7) is 5.99. The number of hydrogen-bond acceptors (Lipinski definition) is 5. The Balaban J connectivity index is 2.25. The lowest BCUT2D eigenvalue weighted by molar-refractivity contribution is -0.119. The predicted octanol–water partition coefficient (Wildman–Crippen LogP) is 1.54. The molecule has 0 saturated heterocycles. The van der Waals surface area contributed by atoms with Gasteiger partial charge in [0.05, 0.1) is 16.7 Å². The first-order valence-corrected chi connectivity index (χ1v) is 9.57. The van der Waals surface area contributed by atoms with Crippen molar-refractivity contribution < 1.29 is 9.59 Å². The van der Waals surface area contributed by atoms with Gasteiger partial charge in [0, 0.05) is 26.1 Å². The van der Waals surface area contributed by atoms with Gasteiger partial charge in [0.2, 0.25) is 11.8 Å². The maximum Gasteiger partial charge on any atom is 0.262 e. The van der Waals surface area contributed by atoms with E-state index in [1.807, 2.05) is 19.9 Å². The third-order valence-electron chi connectivity index (χ3n) is 3.89. The van der Waals surface area contributed by atoms with E-state index in [1.165, 1.54) is 23.3 Å². The minimum absolute atomic E-state index is 0.0971. The number of thioether (sulfide) groups is 1. The fourth-order valence-corrected chi connectivity index (χ4v) is 3.18. The van der Waals surface area contributed by atoms with E-state index in [4.69, 9.17) is 0 Å². The number of nitrogens with one attached hydrogen (secondary N) is 2. The van der Waals surface area contributed by atoms with Crippen LogP contribution in [-0.2, 0) is 16.1 Å². The molecule has 0 radical (unpaired) electrons. The Kier molecular flexibility index (Phi) is 7.20. The average Bonchev–Trinajstić information content (AvgIpc) is 2.61. The highest BCUT2D eigenvalue weighted by atomic mass is 32.2. The van der Waals surface area contributed by atoms with Crippen molar-refractivity contribution in [2.45, 2.75) is 44.9 Å². The number of rotatable bonds is 8. The zero-order valence-corrected chi connectivity index (χ0v) is 16.1. The second-order valence-electron chi connectivity index (χ2n) is 6.02. The largest absolute Gasteiger partial charge is 0.355 e. The Labute approximate surface area is 156 Å². The Morgan fingerprint density at radius 1 is 1.31 bits per heavy atom. The highest BCUT2D eigenvalue weighted by Crippen LogP contribution is 2.17. The third-order valence-corrected chi connectivity index (χ3v) is 4.86. The maximum absolute atomic E-state index is 12.8. The number of carbonyl (C=O) groups is 2. The molecule has 140 valence electrons. The zero-order chi connectivity index (χ0) is 19.1. The number of fused-ring (bicyclic) bond motifs is 1. The van der Waals surface area contributed by atoms with Crippen LogP contribution < -0.4 is 16.2 Å². The lowest BCUT2D eigenvalue weighted by Gasteiger charge is -2.14. The molecule has 26 heavy (non-hydrogen) atoms. The molecule has 0 bridgehead atoms. The summed E-state index contributed by atoms with van der Waals surface area (Å²) >= 11 is 1.22. The van der Waals surface area contributed by atoms with Gasteiger partial charge in [-0.25, -0.2) is 4.98 Å². The van der Waals surface area contributed by atoms with E-state index in [0.717, 1.165) is 6.42 Å². The number of benzene rings is 1. The van der Waals surface area contributed by atoms with Gasteiger partial charge in [0.25, 0.3) is 5.56 Å². The topological polar surface area (TPSA) is 93.1 Å². The lowest BCUT2D eigenvalue weighted by Crippen LogP contribution is -2.34. The summed E-state index contributed by atoms with van der Waals surface area (Å²) in [5, 5.41) is 6.57. The molecular weight excluding hydrogens is 352 g/mol. The molecule has 7 nitrogen and oxygen atoms in total. The van der Waals surface area contributed by atoms with Crippen LogP contribution >= 0.6 is 11.8 Å². The Hall–Kier alpha value is -2.35. The maximum atomic E-state index is 12.8. The van der Waals surface area contributed by atoms with Crippen LogP contribution in [0.5, 0.6) is 0 Å². The highest BCUT2D eigenvalue weighted by Gasteiger charge is 2.14. The monoisotopic (exact) mass is 376 g/mol. The Bertz CT molecular complexity index is 850. The Morgan fingerprint density at radius 3 is 2.73 bits per heavy atom. The molecule has 0 aliphatic rings. The molecule has 1 aromatic carbocycles. The molecule has 1 atom stereocenters. The van der Waals surface area contributed by atoms with Gasteiger partial charge < -0.3 is 10.6 Å². The molecule has 2 rings (SSSR count). The van der Waals surface area contributed by atoms with Gasteiger partial charge in [-0.15, -0.1) is 0 Å². The van der Waals surface area contributed by atoms with Crippen LogP contribution in [0.25, 0.3) is 10.9 Å². The third kappa shape index (κ3) is 5.32. The predicted molar refractivity (Wildman–Crippen MR) is 103 cm³/mol. The van der Waals surface area contributed by atoms with Crippen molar-refractivity contribution >= 4 is 34.5 Å². The molecule has 1 aromatic heterocycles. The van der Waals surface area contributed by atoms with Crippen molar-refractivity contribution in [2.24, 2.45) is 0 Å². The van der Waals surface area contributed by atoms with Gasteiger partial charge in [-0.2, -0.15) is 0 Å². The van der Waals surface area contributed by atoms with Crippen LogP contribution in [-0.4, -0.2) is 39.7 Å². The first kappa shape index (κ1) is 20.0. The van der Waals surface area contributed by atoms with Crippen molar-refractivity contribution in [3.63, 3.8) is 0 Å². The molecule has 8 heteroatoms. The first-order chi connectivity index (χ1) is 12.4. The Morgan fingerprint density at radius 2 is 2.04 bits per heavy atom. The lowest BCUT2D eigenvalue weighted by atomic mass is 10.2. The van der Waals surface area contributed by atoms with Crippen molar-refractivity contribution in [3.05, 3.63) is 34.6 Å². The standard InChI is InChI=1S/C18H24N4O3S/c1-4-12(2)20-16(24)11-26-18-21-15-8-6-5-7-14(15)17(25)22(18)10-9-19-13(3)23/h5-8,12H,4,9-11H2,1-3H3,(H,19,23)(H,20,24). The summed E-state index contributed by atoms with van der Waals surface area (Å²) in [6.07, 6.45) is 0.853. The van der Waals surface area contributed by atoms with Gasteiger partial charge in [-0.1, -0.05) is 30.8 Å². The molecule has 2 N–H and O–H groups in total. The summed E-state index contributed by atoms with van der Waals surface area (Å²) in [4.78, 5) is 40.5. The fourth-order valence-electron chi connectivity index (χ4n) is 2.35. The molecule has 0 fully saturated rings. The molecule has 1 unspecified atom stereocenters. The van der Waals surface area contributed by atoms with Crippen molar-refractivity contribution in [2.75, 3.05) is 12.3 Å². The summed E-state index contributed by atoms with van der Waals surface area (Å²) in [5.74, 6) is -0.0796. The summed E-state index contributed by atoms with van der Waals surface area (Å²) in [5.41, 5.74) is 0.420. The number of amides is 2. The average molecular weight is 376 g/mol. The van der Waals surface area contributed by atoms with E-state index in [1.54, 1.807) is 18.2 Å². The van der Waals surface area contributed by atoms with Gasteiger partial charge >= 0.3 is 0 Å². The quantitative estimate of drug-likeness (QED) is 0.538. The molecule has 2 aromatic rings. The van der Waals surface area contributed by atoms with E-state index in [9.17, 15) is 14.4 Å². The molecule has 0 aliphatic heterocycles. The van der Waals surface area contributed by atoms with E-state index >= 15 is 0 Å². The minimum Gasteiger partial charge on any atom is -0.355 e. The number of aromatic nitrogens is 2. The van der Waals surface area contributed by atoms with Gasteiger partial charge in [-0.05, 0) is 25.5 Å². The molecule has 2 amide bonds. The van der Waals surface area contributed by atoms with Gasteiger partial charge in [0.1, 0.15) is 0 Å². The van der Waals surface area contributed by atoms with Crippen LogP contribution in [0.2, 0.25) is 0 Å². The SMILES string of the molecule is CCC(C)NC(=O)CSc1nc2ccccc2c(=O)n1CCNC(C)=O. The van der Waals surface area contributed by atoms with Crippen LogP contribution in [0.4, 0.5) is 0 Å². The summed E-state index contributed by atoms with van der Waals surface area (Å²) in [6, 6.07) is 7.22. The first-order valence-electron chi connectivity index (χ1n) is 8.58. The molecule has 1 heterocycles. The van der Waals surface area contributed by atoms with E-state index in [-0.39, 0.29) is 29.2 Å². The summed E-state index contributed by atoms with van der Waals surface area (Å²) < 4.78 is 1.51. The van der Waals surface area contributed by atoms with Crippen molar-refractivity contribution in [1.29, 1.82) is 0 Å². The number of para-hydroxylation sites is 1. The van der Waals surface area contributed by atoms with Gasteiger partial charge in [0.15, 0.2) is 5.16 Å². The molecular formula is C18H24N4O3S. The molecule has 0 spiro atoms. The second-order valence-corrected chi connectivity index (χ2v) is 6.96. The zero-order valence-electron chi connectivity index (χ0n) is 15.2. The number of carbonyl (C=O) groups excluding carboxylic acids is 2. The number of nitrogens with zero attached hydrogens (tertiary/aromatic N) is 2. The van der Waals surface area contributed by atoms with Crippen LogP contribution in [0.1, 0.15) is 27.2 Å². The molecule has 0 aliphatic carbocycles. The van der Waals surface area contributed by atoms with Crippen molar-refractivity contribution in [1.82, 2.24) is 20.2 Å². The van der Waals surface area contributed by atoms with Gasteiger partial charge in [-0.3, -0.25) is 19.0 Å². The van der Waals surface area contributed by atoms with E-state index in [0.29, 0.717) is 29.1 Å². The van der Waals surface area contributed by atoms with Crippen LogP contribution in [0, 0.1) is 0 Å². The minimum atomic E-state index is -0.175. The van der Waals surface area contributed by atoms with Crippen molar-refractivity contribution in [3.8, 4) is 0 Å². The highest BCUT2D eigenvalue weighted by molar-refractivity contribution is 7.99. The van der Waals surface area contributed by atoms with E-state index < -0.39 is 0 Å². The van der Waals surface area contributed by atoms with Crippen LogP contribution in [0.15, 0.2) is 34.2 Å². The smallest absolute Gasteiger partial charge is 0.262 e.